The van der Waals surface area contributed by atoms with E-state index in [2.05, 4.69) is 4.98 Å². The molecule has 0 saturated carbocycles. The topological polar surface area (TPSA) is 112 Å². The summed E-state index contributed by atoms with van der Waals surface area (Å²) in [5.41, 5.74) is 1.10. The van der Waals surface area contributed by atoms with E-state index in [0.717, 1.165) is 28.2 Å². The van der Waals surface area contributed by atoms with Crippen LogP contribution in [0.3, 0.4) is 0 Å². The predicted octanol–water partition coefficient (Wildman–Crippen LogP) is 3.56. The van der Waals surface area contributed by atoms with Crippen molar-refractivity contribution in [3.63, 3.8) is 0 Å². The average Bonchev–Trinajstić information content (AvgIpc) is 3.37. The van der Waals surface area contributed by atoms with Gasteiger partial charge in [-0.15, -0.1) is 0 Å². The summed E-state index contributed by atoms with van der Waals surface area (Å²) in [6.45, 7) is 1.99. The molecular formula is C32H34N2O7. The number of ether oxygens (including phenoxy) is 4. The number of hydrogen-bond acceptors (Lipinski definition) is 7. The van der Waals surface area contributed by atoms with Gasteiger partial charge in [-0.05, 0) is 54.3 Å². The van der Waals surface area contributed by atoms with Gasteiger partial charge in [0.25, 0.3) is 5.56 Å². The fraction of sp³-hybridized carbons (Fsp3) is 0.312. The zero-order valence-corrected chi connectivity index (χ0v) is 23.3. The van der Waals surface area contributed by atoms with Gasteiger partial charge in [-0.25, -0.2) is 4.79 Å². The van der Waals surface area contributed by atoms with Gasteiger partial charge in [0.1, 0.15) is 23.2 Å². The lowest BCUT2D eigenvalue weighted by Crippen LogP contribution is -2.39. The molecule has 1 saturated heterocycles. The maximum atomic E-state index is 12.4. The van der Waals surface area contributed by atoms with Crippen LogP contribution in [-0.4, -0.2) is 54.3 Å². The van der Waals surface area contributed by atoms with Crippen molar-refractivity contribution in [1.29, 1.82) is 0 Å². The highest BCUT2D eigenvalue weighted by Gasteiger charge is 2.41. The van der Waals surface area contributed by atoms with E-state index in [4.69, 9.17) is 18.9 Å². The van der Waals surface area contributed by atoms with Crippen LogP contribution < -0.4 is 20.7 Å². The molecule has 41 heavy (non-hydrogen) atoms. The summed E-state index contributed by atoms with van der Waals surface area (Å²) in [7, 11) is 3.25. The summed E-state index contributed by atoms with van der Waals surface area (Å²) in [5, 5.41) is 11.1. The van der Waals surface area contributed by atoms with Crippen molar-refractivity contribution in [3.05, 3.63) is 128 Å². The number of methoxy groups -OCH3 is 2. The molecule has 2 heterocycles. The molecule has 4 aromatic rings. The Balaban J connectivity index is 1.46. The lowest BCUT2D eigenvalue weighted by atomic mass is 9.80. The molecule has 0 spiro atoms. The molecule has 1 aliphatic rings. The normalized spacial score (nSPS) is 18.8. The lowest BCUT2D eigenvalue weighted by Gasteiger charge is -2.36. The highest BCUT2D eigenvalue weighted by atomic mass is 16.5. The van der Waals surface area contributed by atoms with Crippen LogP contribution in [0, 0.1) is 6.92 Å². The van der Waals surface area contributed by atoms with Crippen molar-refractivity contribution in [1.82, 2.24) is 9.55 Å². The Hall–Kier alpha value is -4.18. The van der Waals surface area contributed by atoms with Gasteiger partial charge in [0.15, 0.2) is 0 Å². The SMILES string of the molecule is COc1ccc(C(OCCC2OCC(n3cc(C)c(=O)[nH]c3=O)C2O)(c2ccccc2)c2ccc(OC)cc2)cc1. The molecule has 9 heteroatoms. The fourth-order valence-electron chi connectivity index (χ4n) is 5.40. The number of aryl methyl sites for hydroxylation is 1. The first-order valence-electron chi connectivity index (χ1n) is 13.5. The largest absolute Gasteiger partial charge is 0.497 e. The minimum Gasteiger partial charge on any atom is -0.497 e. The zero-order valence-electron chi connectivity index (χ0n) is 23.3. The lowest BCUT2D eigenvalue weighted by molar-refractivity contribution is -0.0281. The molecule has 1 fully saturated rings. The smallest absolute Gasteiger partial charge is 0.328 e. The molecule has 3 unspecified atom stereocenters. The third-order valence-corrected chi connectivity index (χ3v) is 7.65. The summed E-state index contributed by atoms with van der Waals surface area (Å²) in [5.74, 6) is 1.46. The first-order valence-corrected chi connectivity index (χ1v) is 13.5. The maximum Gasteiger partial charge on any atom is 0.328 e. The molecule has 2 N–H and O–H groups in total. The average molecular weight is 559 g/mol. The highest BCUT2D eigenvalue weighted by Crippen LogP contribution is 2.42. The van der Waals surface area contributed by atoms with Crippen LogP contribution in [0.5, 0.6) is 11.5 Å². The summed E-state index contributed by atoms with van der Waals surface area (Å²) >= 11 is 0. The van der Waals surface area contributed by atoms with Crippen LogP contribution in [0.4, 0.5) is 0 Å². The summed E-state index contributed by atoms with van der Waals surface area (Å²) < 4.78 is 24.9. The van der Waals surface area contributed by atoms with Gasteiger partial charge in [-0.2, -0.15) is 0 Å². The molecule has 5 rings (SSSR count). The third kappa shape index (κ3) is 5.56. The molecule has 0 aliphatic carbocycles. The molecule has 0 amide bonds. The number of aliphatic hydroxyl groups is 1. The second-order valence-corrected chi connectivity index (χ2v) is 10.0. The molecule has 0 radical (unpaired) electrons. The van der Waals surface area contributed by atoms with Gasteiger partial charge in [0, 0.05) is 11.8 Å². The quantitative estimate of drug-likeness (QED) is 0.286. The van der Waals surface area contributed by atoms with E-state index in [1.807, 2.05) is 78.9 Å². The molecule has 3 aromatic carbocycles. The van der Waals surface area contributed by atoms with E-state index in [-0.39, 0.29) is 13.2 Å². The predicted molar refractivity (Wildman–Crippen MR) is 154 cm³/mol. The van der Waals surface area contributed by atoms with Crippen molar-refractivity contribution in [2.24, 2.45) is 0 Å². The van der Waals surface area contributed by atoms with Crippen molar-refractivity contribution >= 4 is 0 Å². The number of aromatic amines is 1. The Labute approximate surface area is 237 Å². The van der Waals surface area contributed by atoms with Crippen LogP contribution in [0.15, 0.2) is 94.6 Å². The molecule has 1 aliphatic heterocycles. The molecule has 1 aromatic heterocycles. The van der Waals surface area contributed by atoms with E-state index in [1.165, 1.54) is 10.8 Å². The van der Waals surface area contributed by atoms with Gasteiger partial charge < -0.3 is 24.1 Å². The summed E-state index contributed by atoms with van der Waals surface area (Å²) in [4.78, 5) is 26.6. The van der Waals surface area contributed by atoms with Gasteiger partial charge in [0.05, 0.1) is 39.6 Å². The number of nitrogens with zero attached hydrogens (tertiary/aromatic N) is 1. The minimum absolute atomic E-state index is 0.137. The Bertz CT molecular complexity index is 1520. The van der Waals surface area contributed by atoms with Crippen molar-refractivity contribution in [2.75, 3.05) is 27.4 Å². The van der Waals surface area contributed by atoms with Gasteiger partial charge >= 0.3 is 5.69 Å². The van der Waals surface area contributed by atoms with Crippen molar-refractivity contribution in [3.8, 4) is 11.5 Å². The van der Waals surface area contributed by atoms with E-state index in [9.17, 15) is 14.7 Å². The summed E-state index contributed by atoms with van der Waals surface area (Å²) in [6, 6.07) is 24.9. The number of rotatable bonds is 10. The Morgan fingerprint density at radius 1 is 0.902 bits per heavy atom. The van der Waals surface area contributed by atoms with Crippen LogP contribution in [0.2, 0.25) is 0 Å². The number of aliphatic hydroxyl groups excluding tert-OH is 1. The zero-order chi connectivity index (χ0) is 29.0. The van der Waals surface area contributed by atoms with Gasteiger partial charge in [-0.3, -0.25) is 14.3 Å². The fourth-order valence-corrected chi connectivity index (χ4v) is 5.40. The number of nitrogens with one attached hydrogen (secondary N) is 1. The maximum absolute atomic E-state index is 12.4. The minimum atomic E-state index is -0.990. The summed E-state index contributed by atoms with van der Waals surface area (Å²) in [6.07, 6.45) is 0.301. The van der Waals surface area contributed by atoms with E-state index in [1.54, 1.807) is 21.1 Å². The molecule has 9 nitrogen and oxygen atoms in total. The Morgan fingerprint density at radius 3 is 2.02 bits per heavy atom. The van der Waals surface area contributed by atoms with Crippen LogP contribution in [-0.2, 0) is 15.1 Å². The van der Waals surface area contributed by atoms with E-state index in [0.29, 0.717) is 12.0 Å². The first-order chi connectivity index (χ1) is 19.9. The second kappa shape index (κ2) is 12.1. The molecule has 0 bridgehead atoms. The molecular weight excluding hydrogens is 524 g/mol. The monoisotopic (exact) mass is 558 g/mol. The van der Waals surface area contributed by atoms with Crippen molar-refractivity contribution in [2.45, 2.75) is 37.2 Å². The Kier molecular flexibility index (Phi) is 8.39. The van der Waals surface area contributed by atoms with Gasteiger partial charge in [-0.1, -0.05) is 54.6 Å². The van der Waals surface area contributed by atoms with E-state index < -0.39 is 35.1 Å². The Morgan fingerprint density at radius 2 is 1.46 bits per heavy atom. The van der Waals surface area contributed by atoms with E-state index >= 15 is 0 Å². The van der Waals surface area contributed by atoms with Crippen LogP contribution in [0.1, 0.15) is 34.7 Å². The van der Waals surface area contributed by atoms with Crippen LogP contribution in [0.25, 0.3) is 0 Å². The highest BCUT2D eigenvalue weighted by molar-refractivity contribution is 5.49. The third-order valence-electron chi connectivity index (χ3n) is 7.65. The van der Waals surface area contributed by atoms with Gasteiger partial charge in [0.2, 0.25) is 0 Å². The molecule has 214 valence electrons. The number of hydrogen-bond donors (Lipinski definition) is 2. The second-order valence-electron chi connectivity index (χ2n) is 10.0. The first kappa shape index (κ1) is 28.4. The standard InChI is InChI=1S/C32H34N2O7/c1-21-19-34(31(37)33-30(21)36)27-20-40-28(29(27)35)17-18-41-32(22-7-5-4-6-8-22,23-9-13-25(38-2)14-10-23)24-11-15-26(39-3)16-12-24/h4-16,19,27-29,35H,17-18,20H2,1-3H3,(H,33,36,37). The van der Waals surface area contributed by atoms with Crippen molar-refractivity contribution < 1.29 is 24.1 Å². The molecule has 3 atom stereocenters. The number of benzene rings is 3. The number of H-pyrrole nitrogens is 1. The number of aromatic nitrogens is 2. The van der Waals surface area contributed by atoms with Crippen LogP contribution >= 0.6 is 0 Å².